The van der Waals surface area contributed by atoms with Crippen LogP contribution in [0.5, 0.6) is 0 Å². The van der Waals surface area contributed by atoms with Gasteiger partial charge in [0.25, 0.3) is 0 Å². The van der Waals surface area contributed by atoms with E-state index in [0.29, 0.717) is 6.04 Å². The molecule has 1 aromatic rings. The van der Waals surface area contributed by atoms with Gasteiger partial charge < -0.3 is 5.32 Å². The second-order valence-corrected chi connectivity index (χ2v) is 6.90. The van der Waals surface area contributed by atoms with Crippen LogP contribution in [0.4, 0.5) is 0 Å². The van der Waals surface area contributed by atoms with Gasteiger partial charge in [-0.15, -0.1) is 0 Å². The summed E-state index contributed by atoms with van der Waals surface area (Å²) in [5.41, 5.74) is 4.60. The molecule has 128 valence electrons. The molecule has 1 N–H and O–H groups in total. The van der Waals surface area contributed by atoms with E-state index < -0.39 is 0 Å². The Hall–Kier alpha value is -1.50. The van der Waals surface area contributed by atoms with Crippen molar-refractivity contribution >= 4 is 11.3 Å². The van der Waals surface area contributed by atoms with Gasteiger partial charge >= 0.3 is 0 Å². The highest BCUT2D eigenvalue weighted by atomic mass is 14.9. The zero-order valence-corrected chi connectivity index (χ0v) is 15.6. The zero-order valence-electron chi connectivity index (χ0n) is 15.6. The van der Waals surface area contributed by atoms with Crippen LogP contribution in [0, 0.1) is 5.92 Å². The molecular weight excluding hydrogens is 278 g/mol. The molecule has 1 heteroatoms. The average molecular weight is 314 g/mol. The van der Waals surface area contributed by atoms with Gasteiger partial charge in [0, 0.05) is 11.7 Å². The molecular formula is C22H35N. The van der Waals surface area contributed by atoms with E-state index in [1.807, 2.05) is 0 Å². The predicted octanol–water partition coefficient (Wildman–Crippen LogP) is 6.67. The number of allylic oxidation sites excluding steroid dienone is 1. The van der Waals surface area contributed by atoms with Gasteiger partial charge in [0.2, 0.25) is 0 Å². The summed E-state index contributed by atoms with van der Waals surface area (Å²) in [6, 6.07) is 9.04. The standard InChI is InChI=1S/C22H35N/c1-7-9-10-11-17(3)16-19(5)23-20(6)22-14-12-21(13-15-22)18(4)8-2/h12-15,17,19,23H,4,6-11,16H2,1-3,5H3/t17-,19-/m0/s1. The highest BCUT2D eigenvalue weighted by Gasteiger charge is 2.10. The molecule has 0 aliphatic rings. The lowest BCUT2D eigenvalue weighted by Crippen LogP contribution is -2.26. The van der Waals surface area contributed by atoms with Gasteiger partial charge in [-0.25, -0.2) is 0 Å². The van der Waals surface area contributed by atoms with Gasteiger partial charge in [-0.1, -0.05) is 83.9 Å². The summed E-state index contributed by atoms with van der Waals surface area (Å²) in [4.78, 5) is 0. The third kappa shape index (κ3) is 7.07. The van der Waals surface area contributed by atoms with E-state index >= 15 is 0 Å². The molecule has 0 amide bonds. The molecule has 0 radical (unpaired) electrons. The minimum absolute atomic E-state index is 0.462. The largest absolute Gasteiger partial charge is 0.383 e. The highest BCUT2D eigenvalue weighted by molar-refractivity contribution is 5.67. The Kier molecular flexibility index (Phi) is 8.76. The minimum Gasteiger partial charge on any atom is -0.383 e. The minimum atomic E-state index is 0.462. The average Bonchev–Trinajstić information content (AvgIpc) is 2.54. The molecule has 0 heterocycles. The second-order valence-electron chi connectivity index (χ2n) is 6.90. The van der Waals surface area contributed by atoms with Crippen molar-refractivity contribution in [3.8, 4) is 0 Å². The molecule has 0 aliphatic heterocycles. The Morgan fingerprint density at radius 1 is 1.00 bits per heavy atom. The Morgan fingerprint density at radius 2 is 1.61 bits per heavy atom. The molecule has 0 saturated heterocycles. The SMILES string of the molecule is C=C(CC)c1ccc(C(=C)N[C@@H](C)C[C@@H](C)CCCCC)cc1. The fraction of sp³-hybridized carbons (Fsp3) is 0.545. The first-order chi connectivity index (χ1) is 11.0. The molecule has 23 heavy (non-hydrogen) atoms. The van der Waals surface area contributed by atoms with E-state index in [9.17, 15) is 0 Å². The lowest BCUT2D eigenvalue weighted by atomic mass is 9.96. The maximum atomic E-state index is 4.21. The number of rotatable bonds is 11. The van der Waals surface area contributed by atoms with Crippen molar-refractivity contribution < 1.29 is 0 Å². The molecule has 1 aromatic carbocycles. The Labute approximate surface area is 143 Å². The van der Waals surface area contributed by atoms with E-state index in [2.05, 4.69) is 70.4 Å². The van der Waals surface area contributed by atoms with Crippen LogP contribution in [0.25, 0.3) is 11.3 Å². The van der Waals surface area contributed by atoms with Crippen LogP contribution in [0.15, 0.2) is 37.4 Å². The third-order valence-electron chi connectivity index (χ3n) is 4.55. The first-order valence-corrected chi connectivity index (χ1v) is 9.21. The van der Waals surface area contributed by atoms with Crippen molar-refractivity contribution in [2.75, 3.05) is 0 Å². The first kappa shape index (κ1) is 19.5. The van der Waals surface area contributed by atoms with Crippen LogP contribution in [-0.2, 0) is 0 Å². The van der Waals surface area contributed by atoms with Crippen molar-refractivity contribution in [2.45, 2.75) is 72.3 Å². The van der Waals surface area contributed by atoms with Crippen LogP contribution >= 0.6 is 0 Å². The van der Waals surface area contributed by atoms with Gasteiger partial charge in [-0.05, 0) is 42.4 Å². The van der Waals surface area contributed by atoms with Crippen molar-refractivity contribution in [3.63, 3.8) is 0 Å². The molecule has 2 atom stereocenters. The van der Waals surface area contributed by atoms with Crippen molar-refractivity contribution in [1.82, 2.24) is 5.32 Å². The first-order valence-electron chi connectivity index (χ1n) is 9.21. The summed E-state index contributed by atoms with van der Waals surface area (Å²) >= 11 is 0. The molecule has 1 rings (SSSR count). The van der Waals surface area contributed by atoms with Gasteiger partial charge in [0.05, 0.1) is 0 Å². The van der Waals surface area contributed by atoms with E-state index in [1.165, 1.54) is 48.8 Å². The number of unbranched alkanes of at least 4 members (excludes halogenated alkanes) is 2. The lowest BCUT2D eigenvalue weighted by Gasteiger charge is -2.21. The summed E-state index contributed by atoms with van der Waals surface area (Å²) in [6.07, 6.45) is 7.54. The molecule has 1 nitrogen and oxygen atoms in total. The van der Waals surface area contributed by atoms with Gasteiger partial charge in [0.1, 0.15) is 0 Å². The normalized spacial score (nSPS) is 13.4. The highest BCUT2D eigenvalue weighted by Crippen LogP contribution is 2.20. The van der Waals surface area contributed by atoms with E-state index in [4.69, 9.17) is 0 Å². The fourth-order valence-corrected chi connectivity index (χ4v) is 3.02. The van der Waals surface area contributed by atoms with Crippen LogP contribution in [0.1, 0.15) is 77.3 Å². The number of hydrogen-bond acceptors (Lipinski definition) is 1. The van der Waals surface area contributed by atoms with Crippen molar-refractivity contribution in [2.24, 2.45) is 5.92 Å². The molecule has 0 fully saturated rings. The van der Waals surface area contributed by atoms with Gasteiger partial charge in [-0.3, -0.25) is 0 Å². The second kappa shape index (κ2) is 10.3. The van der Waals surface area contributed by atoms with Crippen LogP contribution in [0.3, 0.4) is 0 Å². The van der Waals surface area contributed by atoms with Crippen LogP contribution in [0.2, 0.25) is 0 Å². The van der Waals surface area contributed by atoms with Crippen molar-refractivity contribution in [1.29, 1.82) is 0 Å². The zero-order chi connectivity index (χ0) is 17.2. The van der Waals surface area contributed by atoms with Crippen LogP contribution in [-0.4, -0.2) is 6.04 Å². The number of benzene rings is 1. The van der Waals surface area contributed by atoms with Crippen molar-refractivity contribution in [3.05, 3.63) is 48.6 Å². The Morgan fingerprint density at radius 3 is 2.17 bits per heavy atom. The van der Waals surface area contributed by atoms with E-state index in [1.54, 1.807) is 0 Å². The predicted molar refractivity (Wildman–Crippen MR) is 105 cm³/mol. The fourth-order valence-electron chi connectivity index (χ4n) is 3.02. The third-order valence-corrected chi connectivity index (χ3v) is 4.55. The topological polar surface area (TPSA) is 12.0 Å². The van der Waals surface area contributed by atoms with E-state index in [0.717, 1.165) is 18.0 Å². The van der Waals surface area contributed by atoms with Crippen LogP contribution < -0.4 is 5.32 Å². The van der Waals surface area contributed by atoms with Gasteiger partial charge in [-0.2, -0.15) is 0 Å². The number of nitrogens with one attached hydrogen (secondary N) is 1. The number of hydrogen-bond donors (Lipinski definition) is 1. The summed E-state index contributed by atoms with van der Waals surface area (Å²) in [7, 11) is 0. The smallest absolute Gasteiger partial charge is 0.0342 e. The summed E-state index contributed by atoms with van der Waals surface area (Å²) in [6.45, 7) is 17.3. The summed E-state index contributed by atoms with van der Waals surface area (Å²) in [5, 5.41) is 3.56. The van der Waals surface area contributed by atoms with Gasteiger partial charge in [0.15, 0.2) is 0 Å². The maximum Gasteiger partial charge on any atom is 0.0342 e. The monoisotopic (exact) mass is 313 g/mol. The quantitative estimate of drug-likeness (QED) is 0.450. The molecule has 0 saturated carbocycles. The Balaban J connectivity index is 2.47. The molecule has 0 unspecified atom stereocenters. The van der Waals surface area contributed by atoms with E-state index in [-0.39, 0.29) is 0 Å². The Bertz CT molecular complexity index is 483. The molecule has 0 aliphatic carbocycles. The maximum absolute atomic E-state index is 4.21. The lowest BCUT2D eigenvalue weighted by molar-refractivity contribution is 0.414. The summed E-state index contributed by atoms with van der Waals surface area (Å²) in [5.74, 6) is 0.770. The molecule has 0 bridgehead atoms. The molecule has 0 aromatic heterocycles. The molecule has 0 spiro atoms. The summed E-state index contributed by atoms with van der Waals surface area (Å²) < 4.78 is 0.